The largest absolute Gasteiger partial charge is 0.288 e. The van der Waals surface area contributed by atoms with Crippen molar-refractivity contribution in [3.8, 4) is 0 Å². The molecule has 0 unspecified atom stereocenters. The first-order chi connectivity index (χ1) is 7.52. The molecular formula is C11H9Cl3OS. The van der Waals surface area contributed by atoms with Gasteiger partial charge in [-0.25, -0.2) is 0 Å². The fourth-order valence-electron chi connectivity index (χ4n) is 1.03. The lowest BCUT2D eigenvalue weighted by molar-refractivity contribution is -0.109. The maximum absolute atomic E-state index is 10.7. The van der Waals surface area contributed by atoms with E-state index in [2.05, 4.69) is 0 Å². The first-order valence-corrected chi connectivity index (χ1v) is 6.57. The minimum atomic E-state index is 0.0768. The molecule has 1 aromatic rings. The molecule has 0 bridgehead atoms. The fourth-order valence-corrected chi connectivity index (χ4v) is 2.12. The van der Waals surface area contributed by atoms with Crippen molar-refractivity contribution in [1.82, 2.24) is 0 Å². The van der Waals surface area contributed by atoms with Gasteiger partial charge in [0.05, 0.1) is 10.0 Å². The van der Waals surface area contributed by atoms with E-state index in [0.717, 1.165) is 0 Å². The molecular weight excluding hydrogens is 287 g/mol. The number of halogens is 3. The number of thioether (sulfide) groups is 1. The maximum Gasteiger partial charge on any atom is 0.186 e. The summed E-state index contributed by atoms with van der Waals surface area (Å²) in [5.41, 5.74) is 0.681. The molecule has 0 aliphatic heterocycles. The standard InChI is InChI=1S/C11H9Cl3OS/c1-7(15)16-6-2-3-8-9(12)4-5-10(13)11(8)14/h2-5H,6H2,1H3. The van der Waals surface area contributed by atoms with Crippen LogP contribution in [0.4, 0.5) is 0 Å². The van der Waals surface area contributed by atoms with Gasteiger partial charge < -0.3 is 0 Å². The van der Waals surface area contributed by atoms with Crippen molar-refractivity contribution >= 4 is 57.8 Å². The van der Waals surface area contributed by atoms with Crippen LogP contribution in [-0.2, 0) is 4.79 Å². The van der Waals surface area contributed by atoms with Gasteiger partial charge in [-0.15, -0.1) is 0 Å². The summed E-state index contributed by atoms with van der Waals surface area (Å²) in [7, 11) is 0. The van der Waals surface area contributed by atoms with Gasteiger partial charge in [-0.1, -0.05) is 58.7 Å². The third kappa shape index (κ3) is 4.02. The van der Waals surface area contributed by atoms with Gasteiger partial charge in [-0.05, 0) is 12.1 Å². The van der Waals surface area contributed by atoms with Gasteiger partial charge in [-0.3, -0.25) is 4.79 Å². The molecule has 5 heteroatoms. The monoisotopic (exact) mass is 294 g/mol. The highest BCUT2D eigenvalue weighted by Crippen LogP contribution is 2.32. The molecule has 0 fully saturated rings. The lowest BCUT2D eigenvalue weighted by Gasteiger charge is -2.03. The SMILES string of the molecule is CC(=O)SCC=Cc1c(Cl)ccc(Cl)c1Cl. The Morgan fingerprint density at radius 2 is 1.94 bits per heavy atom. The third-order valence-corrected chi connectivity index (χ3v) is 3.66. The topological polar surface area (TPSA) is 17.1 Å². The van der Waals surface area contributed by atoms with Crippen LogP contribution < -0.4 is 0 Å². The van der Waals surface area contributed by atoms with Gasteiger partial charge in [0.2, 0.25) is 0 Å². The molecule has 0 heterocycles. The average Bonchev–Trinajstić information content (AvgIpc) is 2.22. The lowest BCUT2D eigenvalue weighted by Crippen LogP contribution is -1.83. The maximum atomic E-state index is 10.7. The van der Waals surface area contributed by atoms with Crippen LogP contribution in [0, 0.1) is 0 Å². The number of carbonyl (C=O) groups excluding carboxylic acids is 1. The Kier molecular flexibility index (Phi) is 5.70. The molecule has 0 saturated carbocycles. The van der Waals surface area contributed by atoms with Crippen molar-refractivity contribution in [2.45, 2.75) is 6.92 Å². The zero-order valence-corrected chi connectivity index (χ0v) is 11.6. The normalized spacial score (nSPS) is 11.0. The second-order valence-corrected chi connectivity index (χ2v) is 5.35. The smallest absolute Gasteiger partial charge is 0.186 e. The number of hydrogen-bond acceptors (Lipinski definition) is 2. The van der Waals surface area contributed by atoms with Crippen molar-refractivity contribution in [3.05, 3.63) is 38.8 Å². The Balaban J connectivity index is 2.80. The van der Waals surface area contributed by atoms with Crippen molar-refractivity contribution in [3.63, 3.8) is 0 Å². The Morgan fingerprint density at radius 3 is 2.56 bits per heavy atom. The number of carbonyl (C=O) groups is 1. The summed E-state index contributed by atoms with van der Waals surface area (Å²) in [5, 5.41) is 1.51. The van der Waals surface area contributed by atoms with Crippen LogP contribution >= 0.6 is 46.6 Å². The second-order valence-electron chi connectivity index (χ2n) is 2.96. The molecule has 0 atom stereocenters. The lowest BCUT2D eigenvalue weighted by atomic mass is 10.2. The van der Waals surface area contributed by atoms with E-state index in [1.165, 1.54) is 18.7 Å². The molecule has 0 N–H and O–H groups in total. The van der Waals surface area contributed by atoms with Crippen molar-refractivity contribution in [2.24, 2.45) is 0 Å². The average molecular weight is 296 g/mol. The third-order valence-electron chi connectivity index (χ3n) is 1.75. The van der Waals surface area contributed by atoms with Crippen LogP contribution in [0.3, 0.4) is 0 Å². The number of rotatable bonds is 3. The molecule has 0 saturated heterocycles. The molecule has 0 aromatic heterocycles. The first-order valence-electron chi connectivity index (χ1n) is 4.45. The Bertz CT molecular complexity index is 429. The molecule has 1 aromatic carbocycles. The van der Waals surface area contributed by atoms with E-state index in [9.17, 15) is 4.79 Å². The summed E-state index contributed by atoms with van der Waals surface area (Å²) in [6.45, 7) is 1.53. The highest BCUT2D eigenvalue weighted by Gasteiger charge is 2.06. The molecule has 16 heavy (non-hydrogen) atoms. The summed E-state index contributed by atoms with van der Waals surface area (Å²) in [6.07, 6.45) is 3.60. The molecule has 86 valence electrons. The van der Waals surface area contributed by atoms with E-state index >= 15 is 0 Å². The Labute approximate surface area is 114 Å². The summed E-state index contributed by atoms with van der Waals surface area (Å²) >= 11 is 19.1. The predicted molar refractivity (Wildman–Crippen MR) is 73.6 cm³/mol. The zero-order valence-electron chi connectivity index (χ0n) is 8.47. The molecule has 0 amide bonds. The van der Waals surface area contributed by atoms with E-state index in [-0.39, 0.29) is 5.12 Å². The van der Waals surface area contributed by atoms with Gasteiger partial charge >= 0.3 is 0 Å². The number of benzene rings is 1. The van der Waals surface area contributed by atoms with Gasteiger partial charge in [0.1, 0.15) is 0 Å². The highest BCUT2D eigenvalue weighted by atomic mass is 35.5. The van der Waals surface area contributed by atoms with E-state index in [1.807, 2.05) is 6.08 Å². The molecule has 0 aliphatic rings. The van der Waals surface area contributed by atoms with E-state index < -0.39 is 0 Å². The van der Waals surface area contributed by atoms with Gasteiger partial charge in [-0.2, -0.15) is 0 Å². The van der Waals surface area contributed by atoms with E-state index in [0.29, 0.717) is 26.4 Å². The minimum Gasteiger partial charge on any atom is -0.288 e. The van der Waals surface area contributed by atoms with Gasteiger partial charge in [0, 0.05) is 23.3 Å². The Hall–Kier alpha value is -0.150. The highest BCUT2D eigenvalue weighted by molar-refractivity contribution is 8.13. The summed E-state index contributed by atoms with van der Waals surface area (Å²) < 4.78 is 0. The molecule has 1 nitrogen and oxygen atoms in total. The Morgan fingerprint density at radius 1 is 1.31 bits per heavy atom. The van der Waals surface area contributed by atoms with Crippen molar-refractivity contribution in [2.75, 3.05) is 5.75 Å². The summed E-state index contributed by atoms with van der Waals surface area (Å²) in [4.78, 5) is 10.7. The fraction of sp³-hybridized carbons (Fsp3) is 0.182. The van der Waals surface area contributed by atoms with E-state index in [4.69, 9.17) is 34.8 Å². The minimum absolute atomic E-state index is 0.0768. The molecule has 0 radical (unpaired) electrons. The number of hydrogen-bond donors (Lipinski definition) is 0. The second kappa shape index (κ2) is 6.55. The van der Waals surface area contributed by atoms with Crippen molar-refractivity contribution in [1.29, 1.82) is 0 Å². The van der Waals surface area contributed by atoms with Crippen LogP contribution in [0.2, 0.25) is 15.1 Å². The van der Waals surface area contributed by atoms with Crippen LogP contribution in [0.25, 0.3) is 6.08 Å². The van der Waals surface area contributed by atoms with E-state index in [1.54, 1.807) is 18.2 Å². The van der Waals surface area contributed by atoms with Crippen LogP contribution in [0.5, 0.6) is 0 Å². The molecule has 1 rings (SSSR count). The zero-order chi connectivity index (χ0) is 12.1. The van der Waals surface area contributed by atoms with Crippen molar-refractivity contribution < 1.29 is 4.79 Å². The van der Waals surface area contributed by atoms with Crippen LogP contribution in [-0.4, -0.2) is 10.9 Å². The van der Waals surface area contributed by atoms with Crippen LogP contribution in [0.1, 0.15) is 12.5 Å². The summed E-state index contributed by atoms with van der Waals surface area (Å²) in [5.74, 6) is 0.592. The van der Waals surface area contributed by atoms with Crippen LogP contribution in [0.15, 0.2) is 18.2 Å². The summed E-state index contributed by atoms with van der Waals surface area (Å²) in [6, 6.07) is 3.33. The van der Waals surface area contributed by atoms with Gasteiger partial charge in [0.15, 0.2) is 5.12 Å². The first kappa shape index (κ1) is 13.9. The molecule has 0 aliphatic carbocycles. The van der Waals surface area contributed by atoms with Gasteiger partial charge in [0.25, 0.3) is 0 Å². The predicted octanol–water partition coefficient (Wildman–Crippen LogP) is 4.94. The quantitative estimate of drug-likeness (QED) is 0.735. The molecule has 0 spiro atoms.